The first-order valence-corrected chi connectivity index (χ1v) is 9.64. The zero-order chi connectivity index (χ0) is 20.5. The van der Waals surface area contributed by atoms with Crippen molar-refractivity contribution in [2.45, 2.75) is 35.3 Å². The minimum atomic E-state index is -1.24. The van der Waals surface area contributed by atoms with Gasteiger partial charge in [0.1, 0.15) is 35.2 Å². The molecule has 1 fully saturated rings. The number of hydrogen-bond acceptors (Lipinski definition) is 10. The minimum Gasteiger partial charge on any atom is -0.394 e. The van der Waals surface area contributed by atoms with Gasteiger partial charge >= 0.3 is 0 Å². The highest BCUT2D eigenvalue weighted by molar-refractivity contribution is 7.98. The minimum absolute atomic E-state index is 0.0282. The number of nitro benzene ring substituents is 1. The van der Waals surface area contributed by atoms with Gasteiger partial charge in [0, 0.05) is 17.9 Å². The summed E-state index contributed by atoms with van der Waals surface area (Å²) in [5.74, 6) is 0.519. The van der Waals surface area contributed by atoms with Crippen molar-refractivity contribution in [3.63, 3.8) is 0 Å². The molecule has 0 spiro atoms. The smallest absolute Gasteiger partial charge is 0.269 e. The molecule has 1 aliphatic rings. The maximum absolute atomic E-state index is 10.7. The van der Waals surface area contributed by atoms with Crippen LogP contribution in [0.5, 0.6) is 0 Å². The topological polar surface area (TPSA) is 157 Å². The third-order valence-electron chi connectivity index (χ3n) is 4.64. The largest absolute Gasteiger partial charge is 0.394 e. The Labute approximate surface area is 168 Å². The van der Waals surface area contributed by atoms with Crippen LogP contribution >= 0.6 is 11.8 Å². The molecule has 0 amide bonds. The quantitative estimate of drug-likeness (QED) is 0.224. The predicted molar refractivity (Wildman–Crippen MR) is 101 cm³/mol. The van der Waals surface area contributed by atoms with Gasteiger partial charge in [-0.3, -0.25) is 14.7 Å². The number of rotatable bonds is 6. The average molecular weight is 419 g/mol. The average Bonchev–Trinajstić information content (AvgIpc) is 3.28. The van der Waals surface area contributed by atoms with Crippen LogP contribution in [0.1, 0.15) is 11.8 Å². The summed E-state index contributed by atoms with van der Waals surface area (Å²) >= 11 is 1.39. The molecule has 3 heterocycles. The van der Waals surface area contributed by atoms with Crippen molar-refractivity contribution in [3.05, 3.63) is 52.6 Å². The number of hydrogen-bond donors (Lipinski definition) is 3. The van der Waals surface area contributed by atoms with Gasteiger partial charge in [0.15, 0.2) is 11.9 Å². The Morgan fingerprint density at radius 1 is 1.17 bits per heavy atom. The molecule has 11 nitrogen and oxygen atoms in total. The summed E-state index contributed by atoms with van der Waals surface area (Å²) < 4.78 is 7.03. The van der Waals surface area contributed by atoms with E-state index in [0.717, 1.165) is 5.56 Å². The molecule has 1 saturated heterocycles. The summed E-state index contributed by atoms with van der Waals surface area (Å²) in [6.07, 6.45) is -1.49. The molecule has 4 atom stereocenters. The van der Waals surface area contributed by atoms with Crippen molar-refractivity contribution in [1.29, 1.82) is 0 Å². The van der Waals surface area contributed by atoms with Crippen LogP contribution in [-0.2, 0) is 10.5 Å². The summed E-state index contributed by atoms with van der Waals surface area (Å²) in [6.45, 7) is -0.424. The Morgan fingerprint density at radius 2 is 1.93 bits per heavy atom. The fraction of sp³-hybridized carbons (Fsp3) is 0.353. The van der Waals surface area contributed by atoms with Crippen molar-refractivity contribution in [1.82, 2.24) is 19.5 Å². The second-order valence-electron chi connectivity index (χ2n) is 6.44. The van der Waals surface area contributed by atoms with Gasteiger partial charge < -0.3 is 20.1 Å². The van der Waals surface area contributed by atoms with Gasteiger partial charge in [-0.15, -0.1) is 0 Å². The lowest BCUT2D eigenvalue weighted by atomic mass is 10.1. The van der Waals surface area contributed by atoms with E-state index < -0.39 is 36.1 Å². The van der Waals surface area contributed by atoms with Crippen LogP contribution in [-0.4, -0.2) is 64.7 Å². The number of thioether (sulfide) groups is 1. The van der Waals surface area contributed by atoms with Crippen molar-refractivity contribution in [2.24, 2.45) is 0 Å². The zero-order valence-corrected chi connectivity index (χ0v) is 15.7. The van der Waals surface area contributed by atoms with E-state index in [9.17, 15) is 25.4 Å². The molecule has 0 radical (unpaired) electrons. The summed E-state index contributed by atoms with van der Waals surface area (Å²) in [7, 11) is 0. The third kappa shape index (κ3) is 3.68. The lowest BCUT2D eigenvalue weighted by Crippen LogP contribution is -2.33. The Morgan fingerprint density at radius 3 is 2.59 bits per heavy atom. The number of benzene rings is 1. The van der Waals surface area contributed by atoms with Crippen molar-refractivity contribution in [2.75, 3.05) is 6.61 Å². The van der Waals surface area contributed by atoms with Gasteiger partial charge in [0.25, 0.3) is 5.69 Å². The highest BCUT2D eigenvalue weighted by Crippen LogP contribution is 2.33. The third-order valence-corrected chi connectivity index (χ3v) is 5.69. The standard InChI is InChI=1S/C17H17N5O6S/c23-5-11-13(24)14(25)17(28-11)21-8-20-12-15(21)18-7-19-16(12)29-6-9-1-3-10(4-2-9)22(26)27/h1-4,7-8,11,13-14,17,23-25H,5-6H2/t11-,13-,14+,17-/m1/s1. The van der Waals surface area contributed by atoms with Crippen LogP contribution in [0.25, 0.3) is 11.2 Å². The molecule has 3 N–H and O–H groups in total. The molecule has 0 unspecified atom stereocenters. The molecular weight excluding hydrogens is 402 g/mol. The monoisotopic (exact) mass is 419 g/mol. The summed E-state index contributed by atoms with van der Waals surface area (Å²) in [6, 6.07) is 6.26. The summed E-state index contributed by atoms with van der Waals surface area (Å²) in [5.41, 5.74) is 1.83. The number of aromatic nitrogens is 4. The van der Waals surface area contributed by atoms with Gasteiger partial charge in [-0.1, -0.05) is 23.9 Å². The molecule has 1 aromatic carbocycles. The maximum Gasteiger partial charge on any atom is 0.269 e. The van der Waals surface area contributed by atoms with Crippen molar-refractivity contribution >= 4 is 28.6 Å². The van der Waals surface area contributed by atoms with E-state index in [1.165, 1.54) is 41.1 Å². The molecule has 3 aromatic rings. The number of imidazole rings is 1. The Balaban J connectivity index is 1.55. The van der Waals surface area contributed by atoms with E-state index in [4.69, 9.17) is 4.74 Å². The summed E-state index contributed by atoms with van der Waals surface area (Å²) in [5, 5.41) is 40.8. The number of nitro groups is 1. The number of non-ortho nitro benzene ring substituents is 1. The fourth-order valence-electron chi connectivity index (χ4n) is 3.10. The Hall–Kier alpha value is -2.64. The second-order valence-corrected chi connectivity index (χ2v) is 7.41. The molecule has 0 bridgehead atoms. The van der Waals surface area contributed by atoms with Gasteiger partial charge in [0.05, 0.1) is 17.9 Å². The van der Waals surface area contributed by atoms with E-state index in [1.54, 1.807) is 12.1 Å². The first-order valence-electron chi connectivity index (χ1n) is 8.65. The van der Waals surface area contributed by atoms with Crippen LogP contribution in [0.3, 0.4) is 0 Å². The van der Waals surface area contributed by atoms with Gasteiger partial charge in [-0.2, -0.15) is 0 Å². The first-order chi connectivity index (χ1) is 14.0. The Kier molecular flexibility index (Phi) is 5.43. The number of aliphatic hydroxyl groups excluding tert-OH is 3. The van der Waals surface area contributed by atoms with Gasteiger partial charge in [0.2, 0.25) is 0 Å². The van der Waals surface area contributed by atoms with E-state index in [1.807, 2.05) is 0 Å². The van der Waals surface area contributed by atoms with E-state index in [0.29, 0.717) is 21.9 Å². The Bertz CT molecular complexity index is 1030. The molecule has 4 rings (SSSR count). The lowest BCUT2D eigenvalue weighted by molar-refractivity contribution is -0.384. The molecule has 29 heavy (non-hydrogen) atoms. The highest BCUT2D eigenvalue weighted by atomic mass is 32.2. The molecule has 0 aliphatic carbocycles. The van der Waals surface area contributed by atoms with Crippen LogP contribution in [0.15, 0.2) is 41.9 Å². The fourth-order valence-corrected chi connectivity index (χ4v) is 4.00. The maximum atomic E-state index is 10.7. The van der Waals surface area contributed by atoms with E-state index in [2.05, 4.69) is 15.0 Å². The van der Waals surface area contributed by atoms with Crippen molar-refractivity contribution < 1.29 is 25.0 Å². The van der Waals surface area contributed by atoms with Crippen LogP contribution in [0.2, 0.25) is 0 Å². The molecule has 2 aromatic heterocycles. The SMILES string of the molecule is O=[N+]([O-])c1ccc(CSc2ncnc3c2ncn3[C@@H]2O[C@H](CO)[C@@H](O)[C@@H]2O)cc1. The van der Waals surface area contributed by atoms with Gasteiger partial charge in [-0.05, 0) is 5.56 Å². The second kappa shape index (κ2) is 8.00. The number of aliphatic hydroxyl groups is 3. The molecule has 0 saturated carbocycles. The molecule has 1 aliphatic heterocycles. The predicted octanol–water partition coefficient (Wildman–Crippen LogP) is 0.638. The summed E-state index contributed by atoms with van der Waals surface area (Å²) in [4.78, 5) is 23.1. The van der Waals surface area contributed by atoms with E-state index >= 15 is 0 Å². The number of ether oxygens (including phenoxy) is 1. The highest BCUT2D eigenvalue weighted by Gasteiger charge is 2.44. The van der Waals surface area contributed by atoms with Gasteiger partial charge in [-0.25, -0.2) is 15.0 Å². The van der Waals surface area contributed by atoms with Crippen molar-refractivity contribution in [3.8, 4) is 0 Å². The zero-order valence-electron chi connectivity index (χ0n) is 14.9. The molecule has 152 valence electrons. The molecule has 12 heteroatoms. The van der Waals surface area contributed by atoms with Crippen LogP contribution in [0.4, 0.5) is 5.69 Å². The van der Waals surface area contributed by atoms with E-state index in [-0.39, 0.29) is 5.69 Å². The number of nitrogens with zero attached hydrogens (tertiary/aromatic N) is 5. The number of fused-ring (bicyclic) bond motifs is 1. The lowest BCUT2D eigenvalue weighted by Gasteiger charge is -2.16. The van der Waals surface area contributed by atoms with Crippen LogP contribution < -0.4 is 0 Å². The van der Waals surface area contributed by atoms with Crippen LogP contribution in [0, 0.1) is 10.1 Å². The molecular formula is C17H17N5O6S. The first kappa shape index (κ1) is 19.7. The normalized spacial score (nSPS) is 24.2.